The van der Waals surface area contributed by atoms with Gasteiger partial charge in [-0.2, -0.15) is 0 Å². The van der Waals surface area contributed by atoms with Crippen LogP contribution >= 0.6 is 22.6 Å². The van der Waals surface area contributed by atoms with Crippen molar-refractivity contribution in [2.75, 3.05) is 19.0 Å². The van der Waals surface area contributed by atoms with Crippen molar-refractivity contribution in [1.29, 1.82) is 0 Å². The van der Waals surface area contributed by atoms with Crippen molar-refractivity contribution >= 4 is 28.4 Å². The summed E-state index contributed by atoms with van der Waals surface area (Å²) in [6.45, 7) is 4.89. The normalized spacial score (nSPS) is 10.5. The van der Waals surface area contributed by atoms with Gasteiger partial charge in [-0.05, 0) is 54.1 Å². The molecule has 0 radical (unpaired) electrons. The summed E-state index contributed by atoms with van der Waals surface area (Å²) in [6.07, 6.45) is 0.828. The van der Waals surface area contributed by atoms with Gasteiger partial charge in [-0.25, -0.2) is 9.97 Å². The Balaban J connectivity index is 2.52. The van der Waals surface area contributed by atoms with E-state index in [-0.39, 0.29) is 5.75 Å². The molecule has 0 atom stereocenters. The van der Waals surface area contributed by atoms with E-state index in [2.05, 4.69) is 44.8 Å². The first-order valence-corrected chi connectivity index (χ1v) is 7.86. The Kier molecular flexibility index (Phi) is 5.22. The van der Waals surface area contributed by atoms with Gasteiger partial charge in [-0.1, -0.05) is 6.92 Å². The van der Waals surface area contributed by atoms with Crippen molar-refractivity contribution in [3.05, 3.63) is 27.5 Å². The van der Waals surface area contributed by atoms with Gasteiger partial charge in [-0.15, -0.1) is 0 Å². The first-order chi connectivity index (χ1) is 10.1. The third-order valence-electron chi connectivity index (χ3n) is 3.04. The van der Waals surface area contributed by atoms with E-state index in [1.165, 1.54) is 7.11 Å². The molecule has 2 rings (SSSR count). The number of ether oxygens (including phenoxy) is 1. The zero-order valence-corrected chi connectivity index (χ0v) is 14.4. The number of anilines is 1. The Morgan fingerprint density at radius 2 is 2.05 bits per heavy atom. The van der Waals surface area contributed by atoms with E-state index in [0.29, 0.717) is 11.6 Å². The van der Waals surface area contributed by atoms with E-state index in [1.807, 2.05) is 13.0 Å². The van der Waals surface area contributed by atoms with Crippen LogP contribution in [-0.4, -0.2) is 28.7 Å². The molecule has 0 fully saturated rings. The van der Waals surface area contributed by atoms with E-state index >= 15 is 0 Å². The van der Waals surface area contributed by atoms with E-state index in [4.69, 9.17) is 4.74 Å². The minimum absolute atomic E-state index is 0.0835. The molecule has 2 N–H and O–H groups in total. The standard InChI is InChI=1S/C15H18IN3O2/c1-4-10-13(16)15(17-5-2)19-14(18-10)9-6-7-12(21-3)11(20)8-9/h6-8,20H,4-5H2,1-3H3,(H,17,18,19). The summed E-state index contributed by atoms with van der Waals surface area (Å²) >= 11 is 2.26. The predicted molar refractivity (Wildman–Crippen MR) is 91.9 cm³/mol. The Bertz CT molecular complexity index is 647. The molecule has 0 aliphatic heterocycles. The Hall–Kier alpha value is -1.57. The zero-order valence-electron chi connectivity index (χ0n) is 12.3. The predicted octanol–water partition coefficient (Wildman–Crippen LogP) is 3.46. The van der Waals surface area contributed by atoms with Gasteiger partial charge in [0.25, 0.3) is 0 Å². The lowest BCUT2D eigenvalue weighted by Crippen LogP contribution is -2.07. The molecule has 21 heavy (non-hydrogen) atoms. The number of hydrogen-bond donors (Lipinski definition) is 2. The topological polar surface area (TPSA) is 67.3 Å². The second-order valence-electron chi connectivity index (χ2n) is 4.43. The molecule has 0 bridgehead atoms. The van der Waals surface area contributed by atoms with Gasteiger partial charge in [0.2, 0.25) is 0 Å². The molecule has 1 aromatic heterocycles. The molecule has 2 aromatic rings. The van der Waals surface area contributed by atoms with Crippen molar-refractivity contribution in [2.45, 2.75) is 20.3 Å². The molecule has 0 unspecified atom stereocenters. The van der Waals surface area contributed by atoms with Crippen LogP contribution in [0.15, 0.2) is 18.2 Å². The fourth-order valence-corrected chi connectivity index (χ4v) is 2.78. The van der Waals surface area contributed by atoms with Gasteiger partial charge in [-0.3, -0.25) is 0 Å². The zero-order chi connectivity index (χ0) is 15.4. The smallest absolute Gasteiger partial charge is 0.161 e. The average Bonchev–Trinajstić information content (AvgIpc) is 2.49. The third-order valence-corrected chi connectivity index (χ3v) is 4.17. The molecule has 0 aliphatic rings. The highest BCUT2D eigenvalue weighted by molar-refractivity contribution is 14.1. The molecular weight excluding hydrogens is 381 g/mol. The number of benzene rings is 1. The van der Waals surface area contributed by atoms with Crippen LogP contribution in [0.5, 0.6) is 11.5 Å². The summed E-state index contributed by atoms with van der Waals surface area (Å²) in [6, 6.07) is 5.18. The summed E-state index contributed by atoms with van der Waals surface area (Å²) in [5.41, 5.74) is 1.76. The van der Waals surface area contributed by atoms with Crippen molar-refractivity contribution in [2.24, 2.45) is 0 Å². The lowest BCUT2D eigenvalue weighted by Gasteiger charge is -2.12. The third kappa shape index (κ3) is 3.37. The minimum atomic E-state index is 0.0835. The van der Waals surface area contributed by atoms with Crippen LogP contribution in [0.3, 0.4) is 0 Å². The van der Waals surface area contributed by atoms with E-state index in [9.17, 15) is 5.11 Å². The molecule has 6 heteroatoms. The molecular formula is C15H18IN3O2. The number of rotatable bonds is 5. The highest BCUT2D eigenvalue weighted by atomic mass is 127. The Morgan fingerprint density at radius 1 is 1.29 bits per heavy atom. The van der Waals surface area contributed by atoms with Crippen LogP contribution in [-0.2, 0) is 6.42 Å². The summed E-state index contributed by atoms with van der Waals surface area (Å²) < 4.78 is 6.10. The van der Waals surface area contributed by atoms with Crippen molar-refractivity contribution in [3.63, 3.8) is 0 Å². The number of hydrogen-bond acceptors (Lipinski definition) is 5. The summed E-state index contributed by atoms with van der Waals surface area (Å²) in [7, 11) is 1.52. The fourth-order valence-electron chi connectivity index (χ4n) is 1.97. The van der Waals surface area contributed by atoms with Crippen LogP contribution < -0.4 is 10.1 Å². The number of nitrogens with one attached hydrogen (secondary N) is 1. The maximum Gasteiger partial charge on any atom is 0.161 e. The first kappa shape index (κ1) is 15.8. The fraction of sp³-hybridized carbons (Fsp3) is 0.333. The van der Waals surface area contributed by atoms with Gasteiger partial charge in [0.05, 0.1) is 16.4 Å². The molecule has 1 aromatic carbocycles. The number of aryl methyl sites for hydroxylation is 1. The average molecular weight is 399 g/mol. The van der Waals surface area contributed by atoms with Crippen molar-refractivity contribution < 1.29 is 9.84 Å². The maximum absolute atomic E-state index is 9.91. The van der Waals surface area contributed by atoms with E-state index in [1.54, 1.807) is 12.1 Å². The number of methoxy groups -OCH3 is 1. The lowest BCUT2D eigenvalue weighted by molar-refractivity contribution is 0.373. The first-order valence-electron chi connectivity index (χ1n) is 6.78. The summed E-state index contributed by atoms with van der Waals surface area (Å²) in [4.78, 5) is 9.15. The van der Waals surface area contributed by atoms with E-state index < -0.39 is 0 Å². The van der Waals surface area contributed by atoms with Crippen LogP contribution in [0.25, 0.3) is 11.4 Å². The van der Waals surface area contributed by atoms with Crippen LogP contribution in [0.2, 0.25) is 0 Å². The van der Waals surface area contributed by atoms with Gasteiger partial charge in [0.15, 0.2) is 17.3 Å². The monoisotopic (exact) mass is 399 g/mol. The molecule has 112 valence electrons. The van der Waals surface area contributed by atoms with Gasteiger partial charge >= 0.3 is 0 Å². The number of halogens is 1. The van der Waals surface area contributed by atoms with Gasteiger partial charge in [0.1, 0.15) is 5.82 Å². The maximum atomic E-state index is 9.91. The van der Waals surface area contributed by atoms with Gasteiger partial charge in [0, 0.05) is 12.1 Å². The van der Waals surface area contributed by atoms with Gasteiger partial charge < -0.3 is 15.2 Å². The lowest BCUT2D eigenvalue weighted by atomic mass is 10.1. The molecule has 0 spiro atoms. The van der Waals surface area contributed by atoms with Crippen LogP contribution in [0.4, 0.5) is 5.82 Å². The number of phenolic OH excluding ortho intramolecular Hbond substituents is 1. The van der Waals surface area contributed by atoms with Crippen LogP contribution in [0.1, 0.15) is 19.5 Å². The largest absolute Gasteiger partial charge is 0.504 e. The number of nitrogens with zero attached hydrogens (tertiary/aromatic N) is 2. The number of phenols is 1. The Morgan fingerprint density at radius 3 is 2.62 bits per heavy atom. The number of aromatic nitrogens is 2. The second kappa shape index (κ2) is 6.93. The molecule has 0 saturated carbocycles. The second-order valence-corrected chi connectivity index (χ2v) is 5.51. The molecule has 0 amide bonds. The number of aromatic hydroxyl groups is 1. The molecule has 0 aliphatic carbocycles. The molecule has 0 saturated heterocycles. The SMILES string of the molecule is CCNc1nc(-c2ccc(OC)c(O)c2)nc(CC)c1I. The quantitative estimate of drug-likeness (QED) is 0.754. The van der Waals surface area contributed by atoms with Crippen molar-refractivity contribution in [1.82, 2.24) is 9.97 Å². The summed E-state index contributed by atoms with van der Waals surface area (Å²) in [5.74, 6) is 1.95. The Labute approximate surface area is 137 Å². The van der Waals surface area contributed by atoms with Crippen LogP contribution in [0, 0.1) is 3.57 Å². The minimum Gasteiger partial charge on any atom is -0.504 e. The van der Waals surface area contributed by atoms with E-state index in [0.717, 1.165) is 33.6 Å². The molecule has 1 heterocycles. The highest BCUT2D eigenvalue weighted by Crippen LogP contribution is 2.31. The highest BCUT2D eigenvalue weighted by Gasteiger charge is 2.13. The van der Waals surface area contributed by atoms with Crippen molar-refractivity contribution in [3.8, 4) is 22.9 Å². The molecule has 5 nitrogen and oxygen atoms in total. The summed E-state index contributed by atoms with van der Waals surface area (Å²) in [5, 5.41) is 13.2.